The lowest BCUT2D eigenvalue weighted by Gasteiger charge is -2.49. The van der Waals surface area contributed by atoms with Crippen molar-refractivity contribution < 1.29 is 0 Å². The van der Waals surface area contributed by atoms with Crippen LogP contribution in [0.3, 0.4) is 0 Å². The van der Waals surface area contributed by atoms with E-state index in [1.807, 2.05) is 0 Å². The summed E-state index contributed by atoms with van der Waals surface area (Å²) in [6, 6.07) is 0. The molecule has 0 bridgehead atoms. The molecule has 1 nitrogen and oxygen atoms in total. The molecule has 0 saturated heterocycles. The predicted molar refractivity (Wildman–Crippen MR) is 72.5 cm³/mol. The van der Waals surface area contributed by atoms with Crippen LogP contribution in [0.4, 0.5) is 0 Å². The Kier molecular flexibility index (Phi) is 4.35. The number of rotatable bonds is 4. The Morgan fingerprint density at radius 2 is 1.36 bits per heavy atom. The third-order valence-corrected chi connectivity index (χ3v) is 7.90. The molecule has 3 heteroatoms. The van der Waals surface area contributed by atoms with Crippen molar-refractivity contribution >= 4 is 25.3 Å². The second-order valence-electron chi connectivity index (χ2n) is 5.79. The van der Waals surface area contributed by atoms with Crippen LogP contribution in [-0.2, 0) is 0 Å². The molecule has 0 heterocycles. The third kappa shape index (κ3) is 2.03. The zero-order chi connectivity index (χ0) is 11.7. The highest BCUT2D eigenvalue weighted by Gasteiger charge is 2.50. The molecular formula is C11H25NSSi. The first-order valence-electron chi connectivity index (χ1n) is 5.38. The minimum Gasteiger partial charge on any atom is -0.393 e. The van der Waals surface area contributed by atoms with Crippen molar-refractivity contribution in [3.05, 3.63) is 0 Å². The average Bonchev–Trinajstić information content (AvgIpc) is 1.79. The van der Waals surface area contributed by atoms with Crippen molar-refractivity contribution in [2.75, 3.05) is 0 Å². The van der Waals surface area contributed by atoms with Gasteiger partial charge in [-0.15, -0.1) is 0 Å². The average molecular weight is 231 g/mol. The van der Waals surface area contributed by atoms with Gasteiger partial charge in [-0.05, 0) is 11.8 Å². The highest BCUT2D eigenvalue weighted by molar-refractivity contribution is 7.80. The van der Waals surface area contributed by atoms with E-state index in [0.29, 0.717) is 11.8 Å². The van der Waals surface area contributed by atoms with E-state index in [1.54, 1.807) is 0 Å². The first-order valence-corrected chi connectivity index (χ1v) is 9.29. The predicted octanol–water partition coefficient (Wildman–Crippen LogP) is 3.66. The molecule has 0 rings (SSSR count). The quantitative estimate of drug-likeness (QED) is 0.590. The summed E-state index contributed by atoms with van der Waals surface area (Å²) in [6.07, 6.45) is 0. The van der Waals surface area contributed by atoms with Gasteiger partial charge in [-0.2, -0.15) is 0 Å². The molecule has 0 saturated carbocycles. The molecule has 14 heavy (non-hydrogen) atoms. The van der Waals surface area contributed by atoms with Crippen molar-refractivity contribution in [2.45, 2.75) is 52.4 Å². The SMILES string of the molecule is CC(C)C(C(N)=S)(C(C)C)[Si](C)(C)C. The zero-order valence-electron chi connectivity index (χ0n) is 10.6. The number of thiocarbonyl (C=S) groups is 1. The van der Waals surface area contributed by atoms with Gasteiger partial charge in [0.25, 0.3) is 0 Å². The number of hydrogen-bond acceptors (Lipinski definition) is 1. The van der Waals surface area contributed by atoms with Gasteiger partial charge in [0.15, 0.2) is 0 Å². The maximum absolute atomic E-state index is 6.03. The molecule has 0 atom stereocenters. The van der Waals surface area contributed by atoms with Crippen LogP contribution in [0.15, 0.2) is 0 Å². The smallest absolute Gasteiger partial charge is 0.0767 e. The molecule has 0 aromatic heterocycles. The fraction of sp³-hybridized carbons (Fsp3) is 0.909. The Hall–Kier alpha value is 0.107. The van der Waals surface area contributed by atoms with Gasteiger partial charge < -0.3 is 5.73 Å². The molecule has 0 spiro atoms. The van der Waals surface area contributed by atoms with Gasteiger partial charge in [0.05, 0.1) is 13.1 Å². The molecule has 0 aromatic rings. The van der Waals surface area contributed by atoms with E-state index >= 15 is 0 Å². The highest BCUT2D eigenvalue weighted by Crippen LogP contribution is 2.51. The summed E-state index contributed by atoms with van der Waals surface area (Å²) in [6.45, 7) is 16.1. The minimum absolute atomic E-state index is 0.0856. The van der Waals surface area contributed by atoms with Crippen LogP contribution in [0, 0.1) is 11.8 Å². The molecule has 2 N–H and O–H groups in total. The van der Waals surface area contributed by atoms with Crippen LogP contribution in [0.5, 0.6) is 0 Å². The van der Waals surface area contributed by atoms with Crippen molar-refractivity contribution in [3.63, 3.8) is 0 Å². The molecule has 0 fully saturated rings. The maximum Gasteiger partial charge on any atom is 0.0767 e. The van der Waals surface area contributed by atoms with Crippen LogP contribution < -0.4 is 5.73 Å². The second-order valence-corrected chi connectivity index (χ2v) is 11.6. The Bertz CT molecular complexity index is 208. The number of nitrogens with two attached hydrogens (primary N) is 1. The fourth-order valence-electron chi connectivity index (χ4n) is 3.34. The van der Waals surface area contributed by atoms with E-state index in [4.69, 9.17) is 18.0 Å². The van der Waals surface area contributed by atoms with Gasteiger partial charge in [-0.25, -0.2) is 0 Å². The first kappa shape index (κ1) is 14.1. The van der Waals surface area contributed by atoms with Crippen molar-refractivity contribution in [1.82, 2.24) is 0 Å². The zero-order valence-corrected chi connectivity index (χ0v) is 12.5. The molecular weight excluding hydrogens is 206 g/mol. The molecule has 0 amide bonds. The van der Waals surface area contributed by atoms with Gasteiger partial charge in [-0.3, -0.25) is 0 Å². The largest absolute Gasteiger partial charge is 0.393 e. The molecule has 0 aromatic carbocycles. The van der Waals surface area contributed by atoms with Gasteiger partial charge in [-0.1, -0.05) is 59.6 Å². The van der Waals surface area contributed by atoms with Crippen LogP contribution in [0.1, 0.15) is 27.7 Å². The molecule has 84 valence electrons. The van der Waals surface area contributed by atoms with Gasteiger partial charge in [0.2, 0.25) is 0 Å². The fourth-order valence-corrected chi connectivity index (χ4v) is 8.93. The van der Waals surface area contributed by atoms with Crippen LogP contribution in [0.2, 0.25) is 24.7 Å². The maximum atomic E-state index is 6.03. The Balaban J connectivity index is 5.53. The first-order chi connectivity index (χ1) is 6.08. The molecule has 0 radical (unpaired) electrons. The molecule has 0 aliphatic heterocycles. The molecule has 0 aliphatic rings. The summed E-state index contributed by atoms with van der Waals surface area (Å²) in [5.41, 5.74) is 6.03. The normalized spacial score (nSPS) is 13.8. The van der Waals surface area contributed by atoms with Gasteiger partial charge in [0.1, 0.15) is 0 Å². The Labute approximate surface area is 95.5 Å². The van der Waals surface area contributed by atoms with E-state index in [2.05, 4.69) is 47.3 Å². The molecule has 0 unspecified atom stereocenters. The van der Waals surface area contributed by atoms with E-state index in [-0.39, 0.29) is 5.04 Å². The standard InChI is InChI=1S/C11H25NSSi/c1-8(2)11(9(3)4,10(12)13)14(5,6)7/h8-9H,1-7H3,(H2,12,13). The van der Waals surface area contributed by atoms with Gasteiger partial charge in [0, 0.05) is 5.04 Å². The lowest BCUT2D eigenvalue weighted by Crippen LogP contribution is -2.53. The molecule has 0 aliphatic carbocycles. The van der Waals surface area contributed by atoms with Crippen LogP contribution in [0.25, 0.3) is 0 Å². The summed E-state index contributed by atoms with van der Waals surface area (Å²) in [5.74, 6) is 1.07. The van der Waals surface area contributed by atoms with E-state index < -0.39 is 8.07 Å². The highest BCUT2D eigenvalue weighted by atomic mass is 32.1. The third-order valence-electron chi connectivity index (χ3n) is 3.47. The van der Waals surface area contributed by atoms with Crippen molar-refractivity contribution in [1.29, 1.82) is 0 Å². The minimum atomic E-state index is -1.39. The van der Waals surface area contributed by atoms with Gasteiger partial charge >= 0.3 is 0 Å². The number of hydrogen-bond donors (Lipinski definition) is 1. The summed E-state index contributed by atoms with van der Waals surface area (Å²) >= 11 is 5.34. The van der Waals surface area contributed by atoms with E-state index in [9.17, 15) is 0 Å². The summed E-state index contributed by atoms with van der Waals surface area (Å²) in [4.78, 5) is 0.724. The topological polar surface area (TPSA) is 26.0 Å². The monoisotopic (exact) mass is 231 g/mol. The Morgan fingerprint density at radius 1 is 1.07 bits per heavy atom. The van der Waals surface area contributed by atoms with Crippen molar-refractivity contribution in [3.8, 4) is 0 Å². The van der Waals surface area contributed by atoms with E-state index in [0.717, 1.165) is 4.99 Å². The summed E-state index contributed by atoms with van der Waals surface area (Å²) in [7, 11) is -1.39. The van der Waals surface area contributed by atoms with E-state index in [1.165, 1.54) is 0 Å². The van der Waals surface area contributed by atoms with Crippen LogP contribution in [-0.4, -0.2) is 13.1 Å². The van der Waals surface area contributed by atoms with Crippen LogP contribution >= 0.6 is 12.2 Å². The lowest BCUT2D eigenvalue weighted by atomic mass is 9.84. The second kappa shape index (κ2) is 4.31. The van der Waals surface area contributed by atoms with Crippen molar-refractivity contribution in [2.24, 2.45) is 17.6 Å². The summed E-state index contributed by atoms with van der Waals surface area (Å²) < 4.78 is 0. The Morgan fingerprint density at radius 3 is 1.36 bits per heavy atom. The lowest BCUT2D eigenvalue weighted by molar-refractivity contribution is 0.387. The summed E-state index contributed by atoms with van der Waals surface area (Å²) in [5, 5.41) is 0.0856.